The predicted molar refractivity (Wildman–Crippen MR) is 53.4 cm³/mol. The highest BCUT2D eigenvalue weighted by atomic mass is 16.1. The lowest BCUT2D eigenvalue weighted by atomic mass is 9.87. The maximum atomic E-state index is 12.0. The van der Waals surface area contributed by atoms with Crippen molar-refractivity contribution >= 4 is 5.78 Å². The molecule has 0 aromatic rings. The second-order valence-corrected chi connectivity index (χ2v) is 5.45. The maximum absolute atomic E-state index is 12.0. The first-order chi connectivity index (χ1) is 5.73. The number of carbonyl (C=O) groups excluding carboxylic acids is 1. The minimum atomic E-state index is -0.117. The Hall–Kier alpha value is -0.590. The maximum Gasteiger partial charge on any atom is 0.165 e. The number of hydrogen-bond donors (Lipinski definition) is 0. The monoisotopic (exact) mass is 178 g/mol. The predicted octanol–water partition coefficient (Wildman–Crippen LogP) is 2.96. The lowest BCUT2D eigenvalue weighted by Gasteiger charge is -2.16. The van der Waals surface area contributed by atoms with Crippen molar-refractivity contribution in [3.8, 4) is 0 Å². The topological polar surface area (TPSA) is 17.1 Å². The Morgan fingerprint density at radius 2 is 1.38 bits per heavy atom. The van der Waals surface area contributed by atoms with Gasteiger partial charge in [0.15, 0.2) is 5.78 Å². The fraction of sp³-hybridized carbons (Fsp3) is 0.750. The quantitative estimate of drug-likeness (QED) is 0.557. The molecule has 2 atom stereocenters. The van der Waals surface area contributed by atoms with Crippen LogP contribution in [0.1, 0.15) is 41.5 Å². The Morgan fingerprint density at radius 3 is 1.62 bits per heavy atom. The van der Waals surface area contributed by atoms with E-state index in [4.69, 9.17) is 0 Å². The molecule has 0 radical (unpaired) electrons. The number of ketones is 1. The average molecular weight is 178 g/mol. The number of fused-ring (bicyclic) bond motifs is 1. The van der Waals surface area contributed by atoms with Gasteiger partial charge in [0, 0.05) is 10.8 Å². The van der Waals surface area contributed by atoms with Crippen LogP contribution in [-0.4, -0.2) is 5.78 Å². The largest absolute Gasteiger partial charge is 0.294 e. The zero-order valence-corrected chi connectivity index (χ0v) is 9.41. The minimum absolute atomic E-state index is 0.117. The van der Waals surface area contributed by atoms with Crippen molar-refractivity contribution < 1.29 is 4.79 Å². The summed E-state index contributed by atoms with van der Waals surface area (Å²) >= 11 is 0. The minimum Gasteiger partial charge on any atom is -0.294 e. The zero-order valence-electron chi connectivity index (χ0n) is 9.41. The number of carbonyl (C=O) groups is 1. The van der Waals surface area contributed by atoms with Gasteiger partial charge in [-0.05, 0) is 24.8 Å². The molecule has 0 amide bonds. The molecule has 0 aromatic heterocycles. The van der Waals surface area contributed by atoms with Gasteiger partial charge in [0.1, 0.15) is 0 Å². The summed E-state index contributed by atoms with van der Waals surface area (Å²) in [5.41, 5.74) is 2.48. The number of rotatable bonds is 0. The van der Waals surface area contributed by atoms with Crippen molar-refractivity contribution in [1.82, 2.24) is 0 Å². The molecule has 1 fully saturated rings. The van der Waals surface area contributed by atoms with Gasteiger partial charge in [-0.15, -0.1) is 0 Å². The summed E-state index contributed by atoms with van der Waals surface area (Å²) in [7, 11) is 0. The third kappa shape index (κ3) is 0.512. The van der Waals surface area contributed by atoms with Crippen LogP contribution >= 0.6 is 0 Å². The molecule has 0 aliphatic heterocycles. The van der Waals surface area contributed by atoms with Gasteiger partial charge in [-0.25, -0.2) is 0 Å². The summed E-state index contributed by atoms with van der Waals surface area (Å²) in [6, 6.07) is 0. The summed E-state index contributed by atoms with van der Waals surface area (Å²) in [6.07, 6.45) is 0. The smallest absolute Gasteiger partial charge is 0.165 e. The molecular formula is C12H18O. The second-order valence-electron chi connectivity index (χ2n) is 5.45. The van der Waals surface area contributed by atoms with Gasteiger partial charge in [0.25, 0.3) is 0 Å². The van der Waals surface area contributed by atoms with Crippen molar-refractivity contribution in [1.29, 1.82) is 0 Å². The third-order valence-electron chi connectivity index (χ3n) is 5.54. The molecule has 72 valence electrons. The van der Waals surface area contributed by atoms with Crippen LogP contribution in [0.25, 0.3) is 0 Å². The Morgan fingerprint density at radius 1 is 0.923 bits per heavy atom. The van der Waals surface area contributed by atoms with Crippen molar-refractivity contribution in [3.63, 3.8) is 0 Å². The van der Waals surface area contributed by atoms with Crippen molar-refractivity contribution in [3.05, 3.63) is 11.1 Å². The molecule has 0 saturated heterocycles. The van der Waals surface area contributed by atoms with E-state index in [-0.39, 0.29) is 16.2 Å². The van der Waals surface area contributed by atoms with E-state index in [0.29, 0.717) is 5.78 Å². The van der Waals surface area contributed by atoms with E-state index < -0.39 is 0 Å². The van der Waals surface area contributed by atoms with Crippen molar-refractivity contribution in [2.24, 2.45) is 16.2 Å². The summed E-state index contributed by atoms with van der Waals surface area (Å²) in [6.45, 7) is 12.9. The van der Waals surface area contributed by atoms with E-state index in [1.165, 1.54) is 5.57 Å². The Balaban J connectivity index is 2.66. The Bertz CT molecular complexity index is 348. The number of Topliss-reactive ketones (excluding diaryl/α,β-unsaturated/α-hetero) is 1. The van der Waals surface area contributed by atoms with E-state index in [9.17, 15) is 4.79 Å². The van der Waals surface area contributed by atoms with E-state index in [0.717, 1.165) is 5.57 Å². The highest BCUT2D eigenvalue weighted by molar-refractivity contribution is 6.08. The first-order valence-electron chi connectivity index (χ1n) is 4.95. The molecule has 0 unspecified atom stereocenters. The van der Waals surface area contributed by atoms with E-state index in [1.807, 2.05) is 6.92 Å². The standard InChI is InChI=1S/C12H18O/c1-7-8(2)11(5)10(3,4)12(11,6)9(7)13/h1-6H3/t11-,12-/m1/s1. The van der Waals surface area contributed by atoms with Crippen LogP contribution in [0.5, 0.6) is 0 Å². The fourth-order valence-corrected chi connectivity index (χ4v) is 3.62. The molecule has 1 heteroatoms. The van der Waals surface area contributed by atoms with Crippen LogP contribution < -0.4 is 0 Å². The fourth-order valence-electron chi connectivity index (χ4n) is 3.62. The lowest BCUT2D eigenvalue weighted by Crippen LogP contribution is -2.17. The van der Waals surface area contributed by atoms with Gasteiger partial charge in [0.2, 0.25) is 0 Å². The lowest BCUT2D eigenvalue weighted by molar-refractivity contribution is -0.120. The van der Waals surface area contributed by atoms with Crippen molar-refractivity contribution in [2.45, 2.75) is 41.5 Å². The van der Waals surface area contributed by atoms with E-state index in [1.54, 1.807) is 0 Å². The second kappa shape index (κ2) is 1.77. The zero-order chi connectivity index (χ0) is 10.2. The van der Waals surface area contributed by atoms with Crippen LogP contribution in [0.3, 0.4) is 0 Å². The van der Waals surface area contributed by atoms with E-state index >= 15 is 0 Å². The SMILES string of the molecule is CC1=C(C)[C@]2(C)C(C)(C)[C@@]2(C)C1=O. The van der Waals surface area contributed by atoms with Crippen LogP contribution in [-0.2, 0) is 4.79 Å². The molecule has 0 bridgehead atoms. The summed E-state index contributed by atoms with van der Waals surface area (Å²) in [4.78, 5) is 12.0. The molecule has 0 heterocycles. The first kappa shape index (κ1) is 8.98. The average Bonchev–Trinajstić information content (AvgIpc) is 2.36. The Labute approximate surface area is 80.2 Å². The molecule has 0 N–H and O–H groups in total. The molecule has 1 nitrogen and oxygen atoms in total. The summed E-state index contributed by atoms with van der Waals surface area (Å²) in [5, 5.41) is 0. The summed E-state index contributed by atoms with van der Waals surface area (Å²) < 4.78 is 0. The van der Waals surface area contributed by atoms with Crippen LogP contribution in [0.4, 0.5) is 0 Å². The third-order valence-corrected chi connectivity index (χ3v) is 5.54. The summed E-state index contributed by atoms with van der Waals surface area (Å²) in [5.74, 6) is 0.373. The molecular weight excluding hydrogens is 160 g/mol. The molecule has 2 rings (SSSR count). The first-order valence-corrected chi connectivity index (χ1v) is 4.95. The highest BCUT2D eigenvalue weighted by Crippen LogP contribution is 2.84. The number of allylic oxidation sites excluding steroid dienone is 2. The van der Waals surface area contributed by atoms with Gasteiger partial charge in [-0.1, -0.05) is 33.3 Å². The molecule has 0 aromatic carbocycles. The molecule has 13 heavy (non-hydrogen) atoms. The highest BCUT2D eigenvalue weighted by Gasteiger charge is 2.83. The van der Waals surface area contributed by atoms with Gasteiger partial charge >= 0.3 is 0 Å². The van der Waals surface area contributed by atoms with Crippen molar-refractivity contribution in [2.75, 3.05) is 0 Å². The van der Waals surface area contributed by atoms with Gasteiger partial charge < -0.3 is 0 Å². The normalized spacial score (nSPS) is 46.8. The van der Waals surface area contributed by atoms with Crippen LogP contribution in [0.15, 0.2) is 11.1 Å². The van der Waals surface area contributed by atoms with Gasteiger partial charge in [-0.2, -0.15) is 0 Å². The van der Waals surface area contributed by atoms with Crippen LogP contribution in [0, 0.1) is 16.2 Å². The van der Waals surface area contributed by atoms with E-state index in [2.05, 4.69) is 34.6 Å². The molecule has 1 saturated carbocycles. The number of hydrogen-bond acceptors (Lipinski definition) is 1. The van der Waals surface area contributed by atoms with Gasteiger partial charge in [0.05, 0.1) is 0 Å². The van der Waals surface area contributed by atoms with Gasteiger partial charge in [-0.3, -0.25) is 4.79 Å². The molecule has 0 spiro atoms. The molecule has 2 aliphatic rings. The molecule has 2 aliphatic carbocycles. The van der Waals surface area contributed by atoms with Crippen LogP contribution in [0.2, 0.25) is 0 Å². The Kier molecular flexibility index (Phi) is 1.23.